The molecule has 0 nitrogen and oxygen atoms in total. The third kappa shape index (κ3) is 33.8. The highest BCUT2D eigenvalue weighted by atomic mass is 14.1. The van der Waals surface area contributed by atoms with E-state index in [1.165, 1.54) is 6.42 Å². The Morgan fingerprint density at radius 1 is 0.846 bits per heavy atom. The summed E-state index contributed by atoms with van der Waals surface area (Å²) in [5.74, 6) is 1.77. The van der Waals surface area contributed by atoms with Gasteiger partial charge < -0.3 is 0 Å². The van der Waals surface area contributed by atoms with Gasteiger partial charge in [0, 0.05) is 0 Å². The second kappa shape index (κ2) is 29.8. The fourth-order valence-electron chi connectivity index (χ4n) is 0.471. The first-order valence-electron chi connectivity index (χ1n) is 5.68. The topological polar surface area (TPSA) is 0 Å². The SMILES string of the molecule is C=C.CC.CC.CC[C@@H](C)C(C)C. The first-order chi connectivity index (χ1) is 6.18. The Labute approximate surface area is 87.4 Å². The van der Waals surface area contributed by atoms with E-state index < -0.39 is 0 Å². The average molecular weight is 188 g/mol. The van der Waals surface area contributed by atoms with Crippen molar-refractivity contribution in [1.29, 1.82) is 0 Å². The molecule has 1 atom stereocenters. The third-order valence-electron chi connectivity index (χ3n) is 1.78. The second-order valence-electron chi connectivity index (χ2n) is 2.63. The minimum absolute atomic E-state index is 0.866. The van der Waals surface area contributed by atoms with Crippen molar-refractivity contribution in [3.05, 3.63) is 13.2 Å². The van der Waals surface area contributed by atoms with E-state index in [4.69, 9.17) is 0 Å². The molecule has 0 spiro atoms. The summed E-state index contributed by atoms with van der Waals surface area (Å²) in [7, 11) is 0. The highest BCUT2D eigenvalue weighted by Gasteiger charge is 2.01. The van der Waals surface area contributed by atoms with Crippen molar-refractivity contribution in [3.63, 3.8) is 0 Å². The number of rotatable bonds is 2. The van der Waals surface area contributed by atoms with Gasteiger partial charge in [-0.25, -0.2) is 0 Å². The minimum atomic E-state index is 0.866. The van der Waals surface area contributed by atoms with Crippen LogP contribution >= 0.6 is 0 Å². The second-order valence-corrected chi connectivity index (χ2v) is 2.63. The van der Waals surface area contributed by atoms with Gasteiger partial charge in [-0.2, -0.15) is 0 Å². The molecule has 0 amide bonds. The molecule has 0 fully saturated rings. The van der Waals surface area contributed by atoms with Crippen molar-refractivity contribution in [2.24, 2.45) is 11.8 Å². The largest absolute Gasteiger partial charge is 0.106 e. The van der Waals surface area contributed by atoms with E-state index in [0.29, 0.717) is 0 Å². The van der Waals surface area contributed by atoms with Crippen molar-refractivity contribution in [3.8, 4) is 0 Å². The molecule has 0 saturated carbocycles. The number of hydrogen-bond donors (Lipinski definition) is 0. The van der Waals surface area contributed by atoms with E-state index >= 15 is 0 Å². The van der Waals surface area contributed by atoms with Crippen LogP contribution in [0.1, 0.15) is 61.8 Å². The smallest absolute Gasteiger partial charge is 0.0422 e. The minimum Gasteiger partial charge on any atom is -0.106 e. The molecule has 0 bridgehead atoms. The molecule has 0 aliphatic carbocycles. The normalized spacial score (nSPS) is 9.31. The molecule has 0 heterocycles. The molecule has 0 N–H and O–H groups in total. The molecule has 0 aliphatic heterocycles. The maximum absolute atomic E-state index is 3.00. The van der Waals surface area contributed by atoms with Gasteiger partial charge in [-0.1, -0.05) is 61.8 Å². The van der Waals surface area contributed by atoms with Crippen molar-refractivity contribution in [2.45, 2.75) is 61.8 Å². The molecule has 0 heteroatoms. The predicted octanol–water partition coefficient (Wildman–Crippen LogP) is 5.54. The average Bonchev–Trinajstić information content (AvgIpc) is 2.25. The summed E-state index contributed by atoms with van der Waals surface area (Å²) in [5, 5.41) is 0. The van der Waals surface area contributed by atoms with Crippen LogP contribution in [0.15, 0.2) is 13.2 Å². The Morgan fingerprint density at radius 3 is 1.08 bits per heavy atom. The fourth-order valence-corrected chi connectivity index (χ4v) is 0.471. The number of hydrogen-bond acceptors (Lipinski definition) is 0. The molecular formula is C13H32. The van der Waals surface area contributed by atoms with Crippen LogP contribution in [0.4, 0.5) is 0 Å². The summed E-state index contributed by atoms with van der Waals surface area (Å²) in [4.78, 5) is 0. The molecule has 0 radical (unpaired) electrons. The van der Waals surface area contributed by atoms with E-state index in [9.17, 15) is 0 Å². The van der Waals surface area contributed by atoms with Crippen LogP contribution in [-0.4, -0.2) is 0 Å². The fraction of sp³-hybridized carbons (Fsp3) is 0.846. The Bertz CT molecular complexity index is 46.0. The van der Waals surface area contributed by atoms with Crippen molar-refractivity contribution in [1.82, 2.24) is 0 Å². The quantitative estimate of drug-likeness (QED) is 0.499. The molecule has 0 unspecified atom stereocenters. The highest BCUT2D eigenvalue weighted by molar-refractivity contribution is 4.52. The summed E-state index contributed by atoms with van der Waals surface area (Å²) < 4.78 is 0. The maximum atomic E-state index is 3.00. The van der Waals surface area contributed by atoms with Crippen molar-refractivity contribution < 1.29 is 0 Å². The lowest BCUT2D eigenvalue weighted by molar-refractivity contribution is 0.407. The molecule has 0 aliphatic rings. The van der Waals surface area contributed by atoms with Crippen LogP contribution in [0.5, 0.6) is 0 Å². The van der Waals surface area contributed by atoms with Gasteiger partial charge in [0.05, 0.1) is 0 Å². The van der Waals surface area contributed by atoms with Crippen LogP contribution < -0.4 is 0 Å². The lowest BCUT2D eigenvalue weighted by Gasteiger charge is -2.10. The van der Waals surface area contributed by atoms with Crippen LogP contribution in [0.3, 0.4) is 0 Å². The van der Waals surface area contributed by atoms with E-state index in [-0.39, 0.29) is 0 Å². The van der Waals surface area contributed by atoms with E-state index in [1.54, 1.807) is 0 Å². The summed E-state index contributed by atoms with van der Waals surface area (Å²) in [6, 6.07) is 0. The molecule has 0 saturated heterocycles. The Kier molecular flexibility index (Phi) is 52.7. The standard InChI is InChI=1S/C7H16.2C2H6.C2H4/c1-5-7(4)6(2)3;3*1-2/h6-7H,5H2,1-4H3;2*1-2H3;1-2H2/t7-;;;/m1.../s1. The molecule has 13 heavy (non-hydrogen) atoms. The zero-order chi connectivity index (χ0) is 11.9. The van der Waals surface area contributed by atoms with Gasteiger partial charge in [0.15, 0.2) is 0 Å². The van der Waals surface area contributed by atoms with Gasteiger partial charge >= 0.3 is 0 Å². The van der Waals surface area contributed by atoms with Crippen LogP contribution in [0.25, 0.3) is 0 Å². The lowest BCUT2D eigenvalue weighted by atomic mass is 9.96. The van der Waals surface area contributed by atoms with Crippen LogP contribution in [-0.2, 0) is 0 Å². The van der Waals surface area contributed by atoms with Crippen molar-refractivity contribution >= 4 is 0 Å². The molecule has 0 aromatic rings. The van der Waals surface area contributed by atoms with E-state index in [2.05, 4.69) is 40.9 Å². The molecule has 0 aromatic carbocycles. The Morgan fingerprint density at radius 2 is 1.08 bits per heavy atom. The maximum Gasteiger partial charge on any atom is -0.0422 e. The highest BCUT2D eigenvalue weighted by Crippen LogP contribution is 2.11. The first kappa shape index (κ1) is 23.0. The summed E-state index contributed by atoms with van der Waals surface area (Å²) in [6.45, 7) is 23.1. The van der Waals surface area contributed by atoms with Gasteiger partial charge in [0.2, 0.25) is 0 Å². The third-order valence-corrected chi connectivity index (χ3v) is 1.78. The Hall–Kier alpha value is -0.260. The van der Waals surface area contributed by atoms with Gasteiger partial charge in [-0.3, -0.25) is 0 Å². The van der Waals surface area contributed by atoms with Crippen molar-refractivity contribution in [2.75, 3.05) is 0 Å². The molecule has 0 aromatic heterocycles. The van der Waals surface area contributed by atoms with Crippen LogP contribution in [0.2, 0.25) is 0 Å². The lowest BCUT2D eigenvalue weighted by Crippen LogP contribution is -2.00. The van der Waals surface area contributed by atoms with Gasteiger partial charge in [-0.15, -0.1) is 13.2 Å². The summed E-state index contributed by atoms with van der Waals surface area (Å²) in [5.41, 5.74) is 0. The van der Waals surface area contributed by atoms with Crippen LogP contribution in [0, 0.1) is 11.8 Å². The zero-order valence-corrected chi connectivity index (χ0v) is 11.3. The first-order valence-corrected chi connectivity index (χ1v) is 5.68. The van der Waals surface area contributed by atoms with Gasteiger partial charge in [-0.05, 0) is 11.8 Å². The Balaban J connectivity index is -0.0000000573. The summed E-state index contributed by atoms with van der Waals surface area (Å²) in [6.07, 6.45) is 1.32. The zero-order valence-electron chi connectivity index (χ0n) is 11.3. The molecule has 84 valence electrons. The summed E-state index contributed by atoms with van der Waals surface area (Å²) >= 11 is 0. The van der Waals surface area contributed by atoms with E-state index in [1.807, 2.05) is 27.7 Å². The monoisotopic (exact) mass is 188 g/mol. The van der Waals surface area contributed by atoms with Gasteiger partial charge in [0.1, 0.15) is 0 Å². The van der Waals surface area contributed by atoms with E-state index in [0.717, 1.165) is 11.8 Å². The van der Waals surface area contributed by atoms with Gasteiger partial charge in [0.25, 0.3) is 0 Å². The predicted molar refractivity (Wildman–Crippen MR) is 68.2 cm³/mol. The molecular weight excluding hydrogens is 156 g/mol. The molecule has 0 rings (SSSR count).